The molecule has 1 aliphatic heterocycles. The minimum atomic E-state index is -0.857. The number of carbonyl (C=O) groups excluding carboxylic acids is 1. The van der Waals surface area contributed by atoms with Gasteiger partial charge in [0.05, 0.1) is 19.1 Å². The predicted octanol–water partition coefficient (Wildman–Crippen LogP) is 1.81. The van der Waals surface area contributed by atoms with Crippen molar-refractivity contribution in [3.05, 3.63) is 29.8 Å². The van der Waals surface area contributed by atoms with E-state index in [1.807, 2.05) is 31.2 Å². The van der Waals surface area contributed by atoms with Gasteiger partial charge in [0, 0.05) is 25.3 Å². The van der Waals surface area contributed by atoms with E-state index in [0.717, 1.165) is 11.3 Å². The molecule has 1 aliphatic rings. The number of urea groups is 1. The number of nitrogens with zero attached hydrogens (tertiary/aromatic N) is 1. The zero-order valence-corrected chi connectivity index (χ0v) is 12.2. The number of carbonyl (C=O) groups is 2. The molecule has 0 saturated carbocycles. The van der Waals surface area contributed by atoms with Crippen LogP contribution >= 0.6 is 0 Å². The van der Waals surface area contributed by atoms with E-state index in [0.29, 0.717) is 13.2 Å². The fourth-order valence-electron chi connectivity index (χ4n) is 2.65. The zero-order chi connectivity index (χ0) is 15.4. The summed E-state index contributed by atoms with van der Waals surface area (Å²) < 4.78 is 5.00. The number of carboxylic acid groups (broad SMARTS) is 1. The first-order valence-corrected chi connectivity index (χ1v) is 6.90. The predicted molar refractivity (Wildman–Crippen MR) is 78.7 cm³/mol. The largest absolute Gasteiger partial charge is 0.481 e. The molecule has 114 valence electrons. The van der Waals surface area contributed by atoms with Crippen molar-refractivity contribution >= 4 is 17.7 Å². The van der Waals surface area contributed by atoms with Crippen LogP contribution in [0.2, 0.25) is 0 Å². The Morgan fingerprint density at radius 1 is 1.48 bits per heavy atom. The summed E-state index contributed by atoms with van der Waals surface area (Å²) in [4.78, 5) is 24.9. The van der Waals surface area contributed by atoms with Gasteiger partial charge in [-0.2, -0.15) is 0 Å². The van der Waals surface area contributed by atoms with Gasteiger partial charge in [0.2, 0.25) is 0 Å². The first-order chi connectivity index (χ1) is 10.0. The summed E-state index contributed by atoms with van der Waals surface area (Å²) in [6, 6.07) is 7.11. The summed E-state index contributed by atoms with van der Waals surface area (Å²) in [5, 5.41) is 11.9. The summed E-state index contributed by atoms with van der Waals surface area (Å²) in [5.41, 5.74) is 1.69. The molecule has 1 heterocycles. The number of para-hydroxylation sites is 1. The van der Waals surface area contributed by atoms with Gasteiger partial charge in [-0.1, -0.05) is 18.2 Å². The van der Waals surface area contributed by atoms with Crippen molar-refractivity contribution in [3.8, 4) is 0 Å². The highest BCUT2D eigenvalue weighted by atomic mass is 16.5. The molecule has 2 unspecified atom stereocenters. The van der Waals surface area contributed by atoms with E-state index in [9.17, 15) is 9.59 Å². The number of anilines is 1. The molecular formula is C15H20N2O4. The summed E-state index contributed by atoms with van der Waals surface area (Å²) >= 11 is 0. The minimum Gasteiger partial charge on any atom is -0.481 e. The maximum absolute atomic E-state index is 12.3. The van der Waals surface area contributed by atoms with E-state index in [1.165, 1.54) is 0 Å². The number of hydrogen-bond donors (Lipinski definition) is 2. The van der Waals surface area contributed by atoms with E-state index < -0.39 is 5.97 Å². The maximum Gasteiger partial charge on any atom is 0.322 e. The second-order valence-electron chi connectivity index (χ2n) is 5.27. The van der Waals surface area contributed by atoms with Crippen LogP contribution in [0.5, 0.6) is 0 Å². The maximum atomic E-state index is 12.3. The normalized spacial score (nSPS) is 18.2. The van der Waals surface area contributed by atoms with E-state index in [1.54, 1.807) is 12.0 Å². The second kappa shape index (κ2) is 6.58. The molecule has 1 aromatic rings. The first kappa shape index (κ1) is 15.3. The van der Waals surface area contributed by atoms with Gasteiger partial charge in [0.15, 0.2) is 0 Å². The number of methoxy groups -OCH3 is 1. The van der Waals surface area contributed by atoms with Crippen LogP contribution in [-0.4, -0.2) is 43.4 Å². The van der Waals surface area contributed by atoms with Gasteiger partial charge in [-0.05, 0) is 18.6 Å². The first-order valence-electron chi connectivity index (χ1n) is 6.90. The summed E-state index contributed by atoms with van der Waals surface area (Å²) in [5.74, 6) is -1.02. The number of aliphatic carboxylic acids is 1. The van der Waals surface area contributed by atoms with Crippen LogP contribution in [0, 0.1) is 0 Å². The number of rotatable bonds is 5. The van der Waals surface area contributed by atoms with Crippen molar-refractivity contribution in [1.29, 1.82) is 0 Å². The summed E-state index contributed by atoms with van der Waals surface area (Å²) in [7, 11) is 1.58. The van der Waals surface area contributed by atoms with Crippen molar-refractivity contribution in [3.63, 3.8) is 0 Å². The number of benzene rings is 1. The van der Waals surface area contributed by atoms with Crippen molar-refractivity contribution in [2.75, 3.05) is 25.2 Å². The Bertz CT molecular complexity index is 532. The Kier molecular flexibility index (Phi) is 4.80. The molecule has 2 rings (SSSR count). The van der Waals surface area contributed by atoms with Crippen LogP contribution in [-0.2, 0) is 9.53 Å². The van der Waals surface area contributed by atoms with E-state index in [-0.39, 0.29) is 24.4 Å². The van der Waals surface area contributed by atoms with Crippen LogP contribution in [0.4, 0.5) is 10.5 Å². The third-order valence-electron chi connectivity index (χ3n) is 3.52. The molecule has 0 radical (unpaired) electrons. The minimum absolute atomic E-state index is 0.0222. The highest BCUT2D eigenvalue weighted by Gasteiger charge is 2.33. The Hall–Kier alpha value is -2.08. The monoisotopic (exact) mass is 292 g/mol. The lowest BCUT2D eigenvalue weighted by atomic mass is 9.98. The smallest absolute Gasteiger partial charge is 0.322 e. The SMILES string of the molecule is COCC(C)NC(=O)N1CC(CC(=O)O)c2ccccc21. The molecule has 21 heavy (non-hydrogen) atoms. The van der Waals surface area contributed by atoms with Crippen LogP contribution in [0.3, 0.4) is 0 Å². The molecule has 0 spiro atoms. The molecule has 0 aliphatic carbocycles. The average molecular weight is 292 g/mol. The lowest BCUT2D eigenvalue weighted by molar-refractivity contribution is -0.137. The fraction of sp³-hybridized carbons (Fsp3) is 0.467. The summed E-state index contributed by atoms with van der Waals surface area (Å²) in [6.07, 6.45) is 0.0222. The third-order valence-corrected chi connectivity index (χ3v) is 3.52. The highest BCUT2D eigenvalue weighted by Crippen LogP contribution is 2.37. The van der Waals surface area contributed by atoms with Gasteiger partial charge in [-0.25, -0.2) is 4.79 Å². The number of carboxylic acids is 1. The topological polar surface area (TPSA) is 78.9 Å². The van der Waals surface area contributed by atoms with Gasteiger partial charge < -0.3 is 15.2 Å². The van der Waals surface area contributed by atoms with Crippen molar-refractivity contribution in [1.82, 2.24) is 5.32 Å². The zero-order valence-electron chi connectivity index (χ0n) is 12.2. The van der Waals surface area contributed by atoms with Crippen LogP contribution in [0.25, 0.3) is 0 Å². The number of nitrogens with one attached hydrogen (secondary N) is 1. The molecule has 0 saturated heterocycles. The molecule has 0 fully saturated rings. The summed E-state index contributed by atoms with van der Waals surface area (Å²) in [6.45, 7) is 2.68. The van der Waals surface area contributed by atoms with Gasteiger partial charge in [0.25, 0.3) is 0 Å². The lowest BCUT2D eigenvalue weighted by Crippen LogP contribution is -2.45. The number of amides is 2. The molecule has 6 heteroatoms. The molecule has 2 N–H and O–H groups in total. The van der Waals surface area contributed by atoms with Gasteiger partial charge in [-0.15, -0.1) is 0 Å². The van der Waals surface area contributed by atoms with Gasteiger partial charge in [0.1, 0.15) is 0 Å². The van der Waals surface area contributed by atoms with E-state index in [4.69, 9.17) is 9.84 Å². The number of hydrogen-bond acceptors (Lipinski definition) is 3. The van der Waals surface area contributed by atoms with Crippen molar-refractivity contribution < 1.29 is 19.4 Å². The molecule has 6 nitrogen and oxygen atoms in total. The van der Waals surface area contributed by atoms with E-state index in [2.05, 4.69) is 5.32 Å². The Labute approximate surface area is 123 Å². The molecule has 0 bridgehead atoms. The van der Waals surface area contributed by atoms with Crippen LogP contribution in [0.15, 0.2) is 24.3 Å². The van der Waals surface area contributed by atoms with Crippen molar-refractivity contribution in [2.45, 2.75) is 25.3 Å². The fourth-order valence-corrected chi connectivity index (χ4v) is 2.65. The molecule has 0 aromatic heterocycles. The second-order valence-corrected chi connectivity index (χ2v) is 5.27. The lowest BCUT2D eigenvalue weighted by Gasteiger charge is -2.21. The van der Waals surface area contributed by atoms with Crippen LogP contribution in [0.1, 0.15) is 24.8 Å². The standard InChI is InChI=1S/C15H20N2O4/c1-10(9-21-2)16-15(20)17-8-11(7-14(18)19)12-5-3-4-6-13(12)17/h3-6,10-11H,7-9H2,1-2H3,(H,16,20)(H,18,19). The quantitative estimate of drug-likeness (QED) is 0.867. The molecule has 2 amide bonds. The van der Waals surface area contributed by atoms with Gasteiger partial charge in [-0.3, -0.25) is 9.69 Å². The Morgan fingerprint density at radius 2 is 2.19 bits per heavy atom. The van der Waals surface area contributed by atoms with E-state index >= 15 is 0 Å². The third kappa shape index (κ3) is 3.52. The number of ether oxygens (including phenoxy) is 1. The average Bonchev–Trinajstić information content (AvgIpc) is 2.77. The molecular weight excluding hydrogens is 272 g/mol. The van der Waals surface area contributed by atoms with Gasteiger partial charge >= 0.3 is 12.0 Å². The van der Waals surface area contributed by atoms with Crippen molar-refractivity contribution in [2.24, 2.45) is 0 Å². The number of fused-ring (bicyclic) bond motifs is 1. The Morgan fingerprint density at radius 3 is 2.86 bits per heavy atom. The van der Waals surface area contributed by atoms with Crippen LogP contribution < -0.4 is 10.2 Å². The Balaban J connectivity index is 2.15. The highest BCUT2D eigenvalue weighted by molar-refractivity contribution is 5.95. The molecule has 1 aromatic carbocycles. The molecule has 2 atom stereocenters.